The van der Waals surface area contributed by atoms with E-state index in [1.54, 1.807) is 7.11 Å². The number of fused-ring (bicyclic) bond motifs is 1. The van der Waals surface area contributed by atoms with Crippen LogP contribution in [0, 0.1) is 11.3 Å². The van der Waals surface area contributed by atoms with E-state index in [1.165, 1.54) is 42.5 Å². The number of hydrogen-bond donors (Lipinski definition) is 1. The fourth-order valence-electron chi connectivity index (χ4n) is 6.35. The molecule has 4 aromatic rings. The third kappa shape index (κ3) is 3.41. The number of pyridine rings is 1. The second-order valence-electron chi connectivity index (χ2n) is 10.5. The summed E-state index contributed by atoms with van der Waals surface area (Å²) in [6, 6.07) is 19.7. The fourth-order valence-corrected chi connectivity index (χ4v) is 6.35. The van der Waals surface area contributed by atoms with E-state index in [1.807, 2.05) is 30.5 Å². The minimum Gasteiger partial charge on any atom is -0.496 e. The molecule has 7 rings (SSSR count). The first kappa shape index (κ1) is 21.6. The maximum Gasteiger partial charge on any atom is 0.181 e. The van der Waals surface area contributed by atoms with Crippen LogP contribution in [0.15, 0.2) is 85.1 Å². The number of H-pyrrole nitrogens is 1. The molecule has 3 heterocycles. The molecule has 2 fully saturated rings. The monoisotopic (exact) mass is 474 g/mol. The van der Waals surface area contributed by atoms with Gasteiger partial charge in [0.05, 0.1) is 12.8 Å². The summed E-state index contributed by atoms with van der Waals surface area (Å²) in [6.45, 7) is 6.60. The molecule has 2 aromatic heterocycles. The Bertz CT molecular complexity index is 1510. The van der Waals surface area contributed by atoms with Crippen LogP contribution in [0.25, 0.3) is 33.4 Å². The molecule has 1 N–H and O–H groups in total. The quantitative estimate of drug-likeness (QED) is 0.329. The zero-order valence-corrected chi connectivity index (χ0v) is 20.6. The first-order chi connectivity index (χ1) is 17.6. The fraction of sp³-hybridized carbons (Fsp3) is 0.290. The third-order valence-electron chi connectivity index (χ3n) is 8.48. The van der Waals surface area contributed by atoms with Gasteiger partial charge in [0.25, 0.3) is 0 Å². The highest BCUT2D eigenvalue weighted by atomic mass is 16.5. The summed E-state index contributed by atoms with van der Waals surface area (Å²) in [6.07, 6.45) is 10.4. The lowest BCUT2D eigenvalue weighted by atomic mass is 9.62. The van der Waals surface area contributed by atoms with Gasteiger partial charge in [-0.2, -0.15) is 5.10 Å². The third-order valence-corrected chi connectivity index (χ3v) is 8.48. The van der Waals surface area contributed by atoms with Gasteiger partial charge in [-0.25, -0.2) is 4.98 Å². The van der Waals surface area contributed by atoms with Crippen LogP contribution < -0.4 is 4.74 Å². The highest BCUT2D eigenvalue weighted by molar-refractivity contribution is 5.94. The first-order valence-corrected chi connectivity index (χ1v) is 12.9. The molecule has 1 spiro atoms. The molecule has 1 saturated heterocycles. The van der Waals surface area contributed by atoms with Crippen LogP contribution in [0.2, 0.25) is 0 Å². The molecule has 3 aliphatic rings. The molecule has 0 bridgehead atoms. The van der Waals surface area contributed by atoms with E-state index in [9.17, 15) is 0 Å². The van der Waals surface area contributed by atoms with E-state index in [4.69, 9.17) is 4.74 Å². The molecular formula is C31H30N4O. The largest absolute Gasteiger partial charge is 0.496 e. The van der Waals surface area contributed by atoms with Crippen molar-refractivity contribution in [1.82, 2.24) is 20.1 Å². The van der Waals surface area contributed by atoms with Crippen molar-refractivity contribution in [2.24, 2.45) is 11.3 Å². The molecule has 1 saturated carbocycles. The van der Waals surface area contributed by atoms with Crippen molar-refractivity contribution in [3.05, 3.63) is 90.7 Å². The Hall–Kier alpha value is -3.70. The number of likely N-dealkylation sites (tertiary alicyclic amines) is 1. The van der Waals surface area contributed by atoms with Crippen molar-refractivity contribution in [1.29, 1.82) is 0 Å². The summed E-state index contributed by atoms with van der Waals surface area (Å²) in [5.74, 6) is 1.46. The van der Waals surface area contributed by atoms with Crippen molar-refractivity contribution < 1.29 is 4.74 Å². The summed E-state index contributed by atoms with van der Waals surface area (Å²) in [5, 5.41) is 8.61. The topological polar surface area (TPSA) is 54.0 Å². The standard InChI is InChI=1S/C31H30N4O/c1-20-26(17-31(20)12-13-31)27-10-6-14-35(27)19-21-7-5-8-22(15-21)23-16-25-29(33-34-30(25)32-18-23)24-9-3-4-11-28(24)36-2/h3-5,7-9,11-13,15-16,18,26-27H,1,6,10,14,17,19H2,2H3,(H,32,33,34). The second-order valence-corrected chi connectivity index (χ2v) is 10.5. The number of rotatable bonds is 6. The van der Waals surface area contributed by atoms with E-state index in [2.05, 4.69) is 69.1 Å². The lowest BCUT2D eigenvalue weighted by molar-refractivity contribution is 0.141. The summed E-state index contributed by atoms with van der Waals surface area (Å²) in [4.78, 5) is 7.35. The van der Waals surface area contributed by atoms with Crippen molar-refractivity contribution in [3.8, 4) is 28.1 Å². The van der Waals surface area contributed by atoms with Gasteiger partial charge in [-0.3, -0.25) is 10.00 Å². The Labute approximate surface area is 211 Å². The van der Waals surface area contributed by atoms with Crippen LogP contribution in [-0.2, 0) is 6.54 Å². The van der Waals surface area contributed by atoms with E-state index < -0.39 is 0 Å². The first-order valence-electron chi connectivity index (χ1n) is 12.9. The summed E-state index contributed by atoms with van der Waals surface area (Å²) < 4.78 is 5.59. The van der Waals surface area contributed by atoms with Gasteiger partial charge in [0.2, 0.25) is 0 Å². The molecule has 180 valence electrons. The van der Waals surface area contributed by atoms with Crippen LogP contribution >= 0.6 is 0 Å². The number of aromatic amines is 1. The molecule has 5 nitrogen and oxygen atoms in total. The number of ether oxygens (including phenoxy) is 1. The van der Waals surface area contributed by atoms with E-state index in [0.717, 1.165) is 34.5 Å². The predicted molar refractivity (Wildman–Crippen MR) is 144 cm³/mol. The Balaban J connectivity index is 1.16. The van der Waals surface area contributed by atoms with Crippen LogP contribution in [0.5, 0.6) is 5.75 Å². The van der Waals surface area contributed by atoms with Crippen LogP contribution in [0.3, 0.4) is 0 Å². The number of methoxy groups -OCH3 is 1. The molecule has 2 aliphatic carbocycles. The summed E-state index contributed by atoms with van der Waals surface area (Å²) in [7, 11) is 1.69. The van der Waals surface area contributed by atoms with E-state index in [0.29, 0.717) is 23.0 Å². The van der Waals surface area contributed by atoms with Crippen LogP contribution in [0.1, 0.15) is 24.8 Å². The normalized spacial score (nSPS) is 22.3. The SMILES string of the molecule is C=C1C(C2CCCN2Cc2cccc(-c3cnc4n[nH]c(-c5ccccc5OC)c4c3)c2)CC12C=C2. The molecule has 1 aliphatic heterocycles. The molecule has 2 atom stereocenters. The van der Waals surface area contributed by atoms with Crippen molar-refractivity contribution in [2.75, 3.05) is 13.7 Å². The number of para-hydroxylation sites is 1. The smallest absolute Gasteiger partial charge is 0.181 e. The zero-order valence-electron chi connectivity index (χ0n) is 20.6. The highest BCUT2D eigenvalue weighted by Gasteiger charge is 2.54. The van der Waals surface area contributed by atoms with Gasteiger partial charge < -0.3 is 4.74 Å². The Kier molecular flexibility index (Phi) is 4.90. The lowest BCUT2D eigenvalue weighted by Gasteiger charge is -2.46. The number of nitrogens with zero attached hydrogens (tertiary/aromatic N) is 3. The highest BCUT2D eigenvalue weighted by Crippen LogP contribution is 2.62. The van der Waals surface area contributed by atoms with Crippen LogP contribution in [-0.4, -0.2) is 39.8 Å². The molecule has 2 aromatic carbocycles. The van der Waals surface area contributed by atoms with Crippen molar-refractivity contribution >= 4 is 11.0 Å². The maximum absolute atomic E-state index is 5.59. The number of nitrogens with one attached hydrogen (secondary N) is 1. The molecular weight excluding hydrogens is 444 g/mol. The van der Waals surface area contributed by atoms with Crippen LogP contribution in [0.4, 0.5) is 0 Å². The number of aromatic nitrogens is 3. The minimum absolute atomic E-state index is 0.306. The number of hydrogen-bond acceptors (Lipinski definition) is 4. The Morgan fingerprint density at radius 1 is 1.11 bits per heavy atom. The second kappa shape index (κ2) is 8.17. The molecule has 0 radical (unpaired) electrons. The number of allylic oxidation sites excluding steroid dienone is 2. The summed E-state index contributed by atoms with van der Waals surface area (Å²) >= 11 is 0. The van der Waals surface area contributed by atoms with Gasteiger partial charge in [-0.15, -0.1) is 0 Å². The summed E-state index contributed by atoms with van der Waals surface area (Å²) in [5.41, 5.74) is 7.99. The average molecular weight is 475 g/mol. The Morgan fingerprint density at radius 3 is 2.83 bits per heavy atom. The van der Waals surface area contributed by atoms with Gasteiger partial charge >= 0.3 is 0 Å². The van der Waals surface area contributed by atoms with E-state index in [-0.39, 0.29) is 0 Å². The minimum atomic E-state index is 0.306. The van der Waals surface area contributed by atoms with Gasteiger partial charge in [0.15, 0.2) is 5.65 Å². The predicted octanol–water partition coefficient (Wildman–Crippen LogP) is 6.40. The van der Waals surface area contributed by atoms with Gasteiger partial charge in [-0.05, 0) is 67.1 Å². The average Bonchev–Trinajstić information content (AvgIpc) is 3.45. The van der Waals surface area contributed by atoms with Gasteiger partial charge in [0, 0.05) is 40.7 Å². The van der Waals surface area contributed by atoms with E-state index >= 15 is 0 Å². The molecule has 0 amide bonds. The van der Waals surface area contributed by atoms with Gasteiger partial charge in [0.1, 0.15) is 5.75 Å². The molecule has 5 heteroatoms. The molecule has 2 unspecified atom stereocenters. The maximum atomic E-state index is 5.59. The number of benzene rings is 2. The Morgan fingerprint density at radius 2 is 2.00 bits per heavy atom. The zero-order chi connectivity index (χ0) is 24.3. The lowest BCUT2D eigenvalue weighted by Crippen LogP contribution is -2.44. The molecule has 36 heavy (non-hydrogen) atoms. The van der Waals surface area contributed by atoms with Gasteiger partial charge in [-0.1, -0.05) is 54.6 Å². The van der Waals surface area contributed by atoms with Crippen molar-refractivity contribution in [3.63, 3.8) is 0 Å². The van der Waals surface area contributed by atoms with Crippen molar-refractivity contribution in [2.45, 2.75) is 31.8 Å².